The SMILES string of the molecule is CCN1CCN(C(=O)C=Cc2nc3ccccc3o2)CC1. The second-order valence-electron chi connectivity index (χ2n) is 5.11. The van der Waals surface area contributed by atoms with Gasteiger partial charge in [-0.05, 0) is 18.7 Å². The number of carbonyl (C=O) groups is 1. The normalized spacial score (nSPS) is 16.9. The van der Waals surface area contributed by atoms with Crippen LogP contribution in [0.1, 0.15) is 12.8 Å². The van der Waals surface area contributed by atoms with Crippen LogP contribution in [-0.4, -0.2) is 53.4 Å². The molecule has 0 saturated carbocycles. The first kappa shape index (κ1) is 13.8. The zero-order valence-corrected chi connectivity index (χ0v) is 12.2. The Labute approximate surface area is 123 Å². The molecule has 1 saturated heterocycles. The number of nitrogens with zero attached hydrogens (tertiary/aromatic N) is 3. The van der Waals surface area contributed by atoms with E-state index in [1.165, 1.54) is 0 Å². The highest BCUT2D eigenvalue weighted by atomic mass is 16.3. The van der Waals surface area contributed by atoms with Crippen LogP contribution in [0.2, 0.25) is 0 Å². The molecule has 1 aromatic carbocycles. The lowest BCUT2D eigenvalue weighted by molar-refractivity contribution is -0.127. The summed E-state index contributed by atoms with van der Waals surface area (Å²) in [6, 6.07) is 7.57. The molecule has 0 unspecified atom stereocenters. The second kappa shape index (κ2) is 6.10. The molecule has 0 bridgehead atoms. The monoisotopic (exact) mass is 285 g/mol. The summed E-state index contributed by atoms with van der Waals surface area (Å²) in [5, 5.41) is 0. The van der Waals surface area contributed by atoms with Gasteiger partial charge in [-0.2, -0.15) is 0 Å². The number of amides is 1. The van der Waals surface area contributed by atoms with Gasteiger partial charge in [0.15, 0.2) is 5.58 Å². The minimum atomic E-state index is 0.0213. The fraction of sp³-hybridized carbons (Fsp3) is 0.375. The van der Waals surface area contributed by atoms with E-state index in [0.29, 0.717) is 5.89 Å². The van der Waals surface area contributed by atoms with Gasteiger partial charge in [0, 0.05) is 38.3 Å². The van der Waals surface area contributed by atoms with Crippen molar-refractivity contribution in [3.05, 3.63) is 36.2 Å². The van der Waals surface area contributed by atoms with Crippen molar-refractivity contribution in [1.29, 1.82) is 0 Å². The van der Waals surface area contributed by atoms with Crippen molar-refractivity contribution in [2.75, 3.05) is 32.7 Å². The zero-order valence-electron chi connectivity index (χ0n) is 12.2. The topological polar surface area (TPSA) is 49.6 Å². The predicted molar refractivity (Wildman–Crippen MR) is 81.7 cm³/mol. The first-order chi connectivity index (χ1) is 10.3. The summed E-state index contributed by atoms with van der Waals surface area (Å²) in [5.41, 5.74) is 1.54. The van der Waals surface area contributed by atoms with Crippen LogP contribution in [-0.2, 0) is 4.79 Å². The van der Waals surface area contributed by atoms with Gasteiger partial charge < -0.3 is 14.2 Å². The fourth-order valence-corrected chi connectivity index (χ4v) is 2.49. The van der Waals surface area contributed by atoms with Crippen molar-refractivity contribution in [2.24, 2.45) is 0 Å². The maximum Gasteiger partial charge on any atom is 0.246 e. The average molecular weight is 285 g/mol. The Morgan fingerprint density at radius 3 is 2.76 bits per heavy atom. The summed E-state index contributed by atoms with van der Waals surface area (Å²) in [4.78, 5) is 20.7. The van der Waals surface area contributed by atoms with E-state index in [2.05, 4.69) is 16.8 Å². The Morgan fingerprint density at radius 2 is 2.05 bits per heavy atom. The number of benzene rings is 1. The summed E-state index contributed by atoms with van der Waals surface area (Å²) < 4.78 is 5.56. The highest BCUT2D eigenvalue weighted by Crippen LogP contribution is 2.15. The lowest BCUT2D eigenvalue weighted by atomic mass is 10.3. The maximum absolute atomic E-state index is 12.1. The van der Waals surface area contributed by atoms with E-state index < -0.39 is 0 Å². The van der Waals surface area contributed by atoms with Crippen LogP contribution in [0, 0.1) is 0 Å². The number of hydrogen-bond donors (Lipinski definition) is 0. The summed E-state index contributed by atoms with van der Waals surface area (Å²) in [6.07, 6.45) is 3.20. The molecule has 1 amide bonds. The minimum Gasteiger partial charge on any atom is -0.437 e. The average Bonchev–Trinajstić information content (AvgIpc) is 2.95. The van der Waals surface area contributed by atoms with Crippen LogP contribution in [0.3, 0.4) is 0 Å². The first-order valence-corrected chi connectivity index (χ1v) is 7.31. The lowest BCUT2D eigenvalue weighted by Gasteiger charge is -2.33. The van der Waals surface area contributed by atoms with Crippen LogP contribution < -0.4 is 0 Å². The van der Waals surface area contributed by atoms with E-state index in [1.807, 2.05) is 29.2 Å². The number of piperazine rings is 1. The summed E-state index contributed by atoms with van der Waals surface area (Å²) in [7, 11) is 0. The van der Waals surface area contributed by atoms with Crippen molar-refractivity contribution in [3.63, 3.8) is 0 Å². The van der Waals surface area contributed by atoms with Crippen LogP contribution >= 0.6 is 0 Å². The highest BCUT2D eigenvalue weighted by molar-refractivity contribution is 5.91. The number of fused-ring (bicyclic) bond motifs is 1. The lowest BCUT2D eigenvalue weighted by Crippen LogP contribution is -2.48. The van der Waals surface area contributed by atoms with Crippen molar-refractivity contribution < 1.29 is 9.21 Å². The standard InChI is InChI=1S/C16H19N3O2/c1-2-18-9-11-19(12-10-18)16(20)8-7-15-17-13-5-3-4-6-14(13)21-15/h3-8H,2,9-12H2,1H3. The van der Waals surface area contributed by atoms with Gasteiger partial charge >= 0.3 is 0 Å². The van der Waals surface area contributed by atoms with Gasteiger partial charge in [0.05, 0.1) is 0 Å². The van der Waals surface area contributed by atoms with E-state index in [-0.39, 0.29) is 5.91 Å². The van der Waals surface area contributed by atoms with Gasteiger partial charge in [0.1, 0.15) is 5.52 Å². The number of para-hydroxylation sites is 2. The Balaban J connectivity index is 1.64. The number of hydrogen-bond acceptors (Lipinski definition) is 4. The quantitative estimate of drug-likeness (QED) is 0.809. The van der Waals surface area contributed by atoms with E-state index >= 15 is 0 Å². The molecule has 0 radical (unpaired) electrons. The molecule has 5 nitrogen and oxygen atoms in total. The maximum atomic E-state index is 12.1. The largest absolute Gasteiger partial charge is 0.437 e. The summed E-state index contributed by atoms with van der Waals surface area (Å²) in [5.74, 6) is 0.491. The van der Waals surface area contributed by atoms with Gasteiger partial charge in [-0.25, -0.2) is 4.98 Å². The van der Waals surface area contributed by atoms with Gasteiger partial charge in [0.25, 0.3) is 0 Å². The molecule has 0 N–H and O–H groups in total. The second-order valence-corrected chi connectivity index (χ2v) is 5.11. The third-order valence-electron chi connectivity index (χ3n) is 3.81. The number of carbonyl (C=O) groups excluding carboxylic acids is 1. The molecule has 1 fully saturated rings. The van der Waals surface area contributed by atoms with Crippen LogP contribution in [0.4, 0.5) is 0 Å². The van der Waals surface area contributed by atoms with Crippen molar-refractivity contribution in [3.8, 4) is 0 Å². The van der Waals surface area contributed by atoms with E-state index in [9.17, 15) is 4.79 Å². The molecule has 5 heteroatoms. The summed E-state index contributed by atoms with van der Waals surface area (Å²) in [6.45, 7) is 6.64. The molecule has 1 aromatic heterocycles. The van der Waals surface area contributed by atoms with Gasteiger partial charge in [-0.3, -0.25) is 4.79 Å². The van der Waals surface area contributed by atoms with Gasteiger partial charge in [-0.1, -0.05) is 19.1 Å². The van der Waals surface area contributed by atoms with Crippen molar-refractivity contribution in [2.45, 2.75) is 6.92 Å². The van der Waals surface area contributed by atoms with Crippen molar-refractivity contribution in [1.82, 2.24) is 14.8 Å². The molecule has 0 aliphatic carbocycles. The molecule has 2 aromatic rings. The Bertz CT molecular complexity index is 621. The van der Waals surface area contributed by atoms with Gasteiger partial charge in [0.2, 0.25) is 11.8 Å². The smallest absolute Gasteiger partial charge is 0.246 e. The zero-order chi connectivity index (χ0) is 14.7. The predicted octanol–water partition coefficient (Wildman–Crippen LogP) is 2.01. The van der Waals surface area contributed by atoms with E-state index in [4.69, 9.17) is 4.42 Å². The third kappa shape index (κ3) is 3.13. The molecule has 2 heterocycles. The van der Waals surface area contributed by atoms with Crippen LogP contribution in [0.25, 0.3) is 17.2 Å². The van der Waals surface area contributed by atoms with E-state index in [0.717, 1.165) is 43.8 Å². The molecular formula is C16H19N3O2. The van der Waals surface area contributed by atoms with Crippen LogP contribution in [0.15, 0.2) is 34.8 Å². The van der Waals surface area contributed by atoms with E-state index in [1.54, 1.807) is 12.2 Å². The Kier molecular flexibility index (Phi) is 4.01. The summed E-state index contributed by atoms with van der Waals surface area (Å²) >= 11 is 0. The molecule has 1 aliphatic heterocycles. The first-order valence-electron chi connectivity index (χ1n) is 7.31. The molecule has 0 spiro atoms. The minimum absolute atomic E-state index is 0.0213. The molecule has 3 rings (SSSR count). The number of oxazole rings is 1. The Hall–Kier alpha value is -2.14. The molecule has 0 atom stereocenters. The molecule has 21 heavy (non-hydrogen) atoms. The van der Waals surface area contributed by atoms with Crippen LogP contribution in [0.5, 0.6) is 0 Å². The van der Waals surface area contributed by atoms with Gasteiger partial charge in [-0.15, -0.1) is 0 Å². The third-order valence-corrected chi connectivity index (χ3v) is 3.81. The molecular weight excluding hydrogens is 266 g/mol. The molecule has 1 aliphatic rings. The van der Waals surface area contributed by atoms with Crippen molar-refractivity contribution >= 4 is 23.1 Å². The highest BCUT2D eigenvalue weighted by Gasteiger charge is 2.18. The fourth-order valence-electron chi connectivity index (χ4n) is 2.49. The molecule has 110 valence electrons. The number of rotatable bonds is 3. The Morgan fingerprint density at radius 1 is 1.29 bits per heavy atom. The number of aromatic nitrogens is 1. The number of likely N-dealkylation sites (N-methyl/N-ethyl adjacent to an activating group) is 1.